The number of anilines is 2. The smallest absolute Gasteiger partial charge is 0.291 e. The number of carbonyl (C=O) groups excluding carboxylic acids is 2. The zero-order valence-electron chi connectivity index (χ0n) is 19.2. The Morgan fingerprint density at radius 2 is 1.56 bits per heavy atom. The Balaban J connectivity index is 1.27. The molecule has 4 aromatic carbocycles. The number of ether oxygens (including phenoxy) is 1. The van der Waals surface area contributed by atoms with Crippen LogP contribution < -0.4 is 20.7 Å². The summed E-state index contributed by atoms with van der Waals surface area (Å²) in [5.41, 5.74) is 2.20. The molecule has 0 fully saturated rings. The fraction of sp³-hybridized carbons (Fsp3) is 0.0357. The van der Waals surface area contributed by atoms with Gasteiger partial charge in [-0.25, -0.2) is 0 Å². The van der Waals surface area contributed by atoms with E-state index in [2.05, 4.69) is 16.0 Å². The van der Waals surface area contributed by atoms with Crippen LogP contribution in [-0.4, -0.2) is 24.0 Å². The first kappa shape index (κ1) is 23.1. The predicted molar refractivity (Wildman–Crippen MR) is 145 cm³/mol. The molecule has 0 saturated heterocycles. The fourth-order valence-electron chi connectivity index (χ4n) is 3.91. The number of hydrogen-bond acceptors (Lipinski definition) is 5. The van der Waals surface area contributed by atoms with Crippen LogP contribution in [0.3, 0.4) is 0 Å². The summed E-state index contributed by atoms with van der Waals surface area (Å²) in [5, 5.41) is 11.3. The average molecular weight is 496 g/mol. The van der Waals surface area contributed by atoms with Crippen molar-refractivity contribution < 1.29 is 18.7 Å². The summed E-state index contributed by atoms with van der Waals surface area (Å²) in [4.78, 5) is 25.6. The summed E-state index contributed by atoms with van der Waals surface area (Å²) in [6, 6.07) is 27.3. The number of benzene rings is 4. The lowest BCUT2D eigenvalue weighted by atomic mass is 10.0. The monoisotopic (exact) mass is 495 g/mol. The van der Waals surface area contributed by atoms with E-state index in [4.69, 9.17) is 21.4 Å². The molecule has 0 spiro atoms. The van der Waals surface area contributed by atoms with Crippen LogP contribution in [0, 0.1) is 0 Å². The van der Waals surface area contributed by atoms with Gasteiger partial charge in [-0.3, -0.25) is 14.9 Å². The molecular formula is C28H21N3O4S. The summed E-state index contributed by atoms with van der Waals surface area (Å²) < 4.78 is 11.1. The third-order valence-electron chi connectivity index (χ3n) is 5.62. The van der Waals surface area contributed by atoms with E-state index in [0.717, 1.165) is 16.2 Å². The minimum absolute atomic E-state index is 0.133. The van der Waals surface area contributed by atoms with Gasteiger partial charge >= 0.3 is 0 Å². The largest absolute Gasteiger partial charge is 0.494 e. The van der Waals surface area contributed by atoms with Gasteiger partial charge in [-0.05, 0) is 53.3 Å². The van der Waals surface area contributed by atoms with Crippen molar-refractivity contribution >= 4 is 62.3 Å². The molecule has 0 atom stereocenters. The van der Waals surface area contributed by atoms with Crippen molar-refractivity contribution in [1.82, 2.24) is 5.32 Å². The van der Waals surface area contributed by atoms with Crippen molar-refractivity contribution in [3.05, 3.63) is 102 Å². The molecule has 0 radical (unpaired) electrons. The summed E-state index contributed by atoms with van der Waals surface area (Å²) in [7, 11) is 1.50. The quantitative estimate of drug-likeness (QED) is 0.260. The van der Waals surface area contributed by atoms with Gasteiger partial charge in [0.1, 0.15) is 11.3 Å². The van der Waals surface area contributed by atoms with Gasteiger partial charge in [0.15, 0.2) is 10.9 Å². The third-order valence-corrected chi connectivity index (χ3v) is 5.82. The number of carbonyl (C=O) groups is 2. The summed E-state index contributed by atoms with van der Waals surface area (Å²) in [6.07, 6.45) is 0. The van der Waals surface area contributed by atoms with E-state index >= 15 is 0 Å². The Bertz CT molecular complexity index is 1590. The van der Waals surface area contributed by atoms with Gasteiger partial charge in [-0.15, -0.1) is 0 Å². The molecule has 1 aromatic heterocycles. The van der Waals surface area contributed by atoms with E-state index in [1.54, 1.807) is 36.4 Å². The number of methoxy groups -OCH3 is 1. The molecular weight excluding hydrogens is 474 g/mol. The first-order valence-electron chi connectivity index (χ1n) is 11.1. The molecule has 5 aromatic rings. The molecule has 0 saturated carbocycles. The number of hydrogen-bond donors (Lipinski definition) is 3. The highest BCUT2D eigenvalue weighted by atomic mass is 32.1. The summed E-state index contributed by atoms with van der Waals surface area (Å²) >= 11 is 5.35. The van der Waals surface area contributed by atoms with Crippen LogP contribution in [0.15, 0.2) is 95.4 Å². The van der Waals surface area contributed by atoms with E-state index in [9.17, 15) is 9.59 Å². The molecule has 0 aliphatic heterocycles. The highest BCUT2D eigenvalue weighted by molar-refractivity contribution is 7.80. The van der Waals surface area contributed by atoms with Crippen molar-refractivity contribution in [1.29, 1.82) is 0 Å². The van der Waals surface area contributed by atoms with Gasteiger partial charge in [0.25, 0.3) is 11.8 Å². The Hall–Kier alpha value is -4.69. The lowest BCUT2D eigenvalue weighted by molar-refractivity contribution is 0.0976. The van der Waals surface area contributed by atoms with E-state index < -0.39 is 5.91 Å². The second kappa shape index (κ2) is 9.89. The predicted octanol–water partition coefficient (Wildman–Crippen LogP) is 5.97. The minimum Gasteiger partial charge on any atom is -0.494 e. The van der Waals surface area contributed by atoms with Gasteiger partial charge in [0, 0.05) is 22.7 Å². The maximum absolute atomic E-state index is 12.8. The Kier molecular flexibility index (Phi) is 6.34. The second-order valence-electron chi connectivity index (χ2n) is 7.95. The van der Waals surface area contributed by atoms with E-state index in [1.165, 1.54) is 7.11 Å². The van der Waals surface area contributed by atoms with Crippen LogP contribution >= 0.6 is 12.2 Å². The third kappa shape index (κ3) is 4.75. The molecule has 5 rings (SSSR count). The van der Waals surface area contributed by atoms with Crippen molar-refractivity contribution in [2.75, 3.05) is 17.7 Å². The van der Waals surface area contributed by atoms with Crippen LogP contribution in [0.25, 0.3) is 21.7 Å². The van der Waals surface area contributed by atoms with E-state index in [1.807, 2.05) is 54.6 Å². The van der Waals surface area contributed by atoms with Crippen LogP contribution in [0.2, 0.25) is 0 Å². The first-order chi connectivity index (χ1) is 17.5. The summed E-state index contributed by atoms with van der Waals surface area (Å²) in [6.45, 7) is 0. The Morgan fingerprint density at radius 1 is 0.806 bits per heavy atom. The molecule has 178 valence electrons. The van der Waals surface area contributed by atoms with E-state index in [0.29, 0.717) is 28.3 Å². The topological polar surface area (TPSA) is 92.6 Å². The number of thiocarbonyl (C=S) groups is 1. The Labute approximate surface area is 212 Å². The number of para-hydroxylation sites is 1. The van der Waals surface area contributed by atoms with Gasteiger partial charge < -0.3 is 19.8 Å². The lowest BCUT2D eigenvalue weighted by Gasteiger charge is -2.14. The molecule has 36 heavy (non-hydrogen) atoms. The van der Waals surface area contributed by atoms with Crippen LogP contribution in [0.5, 0.6) is 5.75 Å². The maximum atomic E-state index is 12.8. The van der Waals surface area contributed by atoms with Crippen molar-refractivity contribution in [2.45, 2.75) is 0 Å². The minimum atomic E-state index is -0.400. The molecule has 1 heterocycles. The second-order valence-corrected chi connectivity index (χ2v) is 8.36. The highest BCUT2D eigenvalue weighted by Crippen LogP contribution is 2.29. The normalized spacial score (nSPS) is 10.7. The van der Waals surface area contributed by atoms with Crippen molar-refractivity contribution in [3.63, 3.8) is 0 Å². The zero-order chi connectivity index (χ0) is 25.1. The fourth-order valence-corrected chi connectivity index (χ4v) is 4.12. The van der Waals surface area contributed by atoms with Crippen LogP contribution in [-0.2, 0) is 0 Å². The summed E-state index contributed by atoms with van der Waals surface area (Å²) in [5.74, 6) is -0.112. The lowest BCUT2D eigenvalue weighted by Crippen LogP contribution is -2.34. The molecule has 7 nitrogen and oxygen atoms in total. The average Bonchev–Trinajstić information content (AvgIpc) is 3.33. The van der Waals surface area contributed by atoms with Gasteiger partial charge in [0.2, 0.25) is 0 Å². The van der Waals surface area contributed by atoms with Crippen LogP contribution in [0.1, 0.15) is 20.9 Å². The zero-order valence-corrected chi connectivity index (χ0v) is 20.0. The van der Waals surface area contributed by atoms with Crippen LogP contribution in [0.4, 0.5) is 11.4 Å². The first-order valence-corrected chi connectivity index (χ1v) is 11.5. The van der Waals surface area contributed by atoms with Gasteiger partial charge in [-0.1, -0.05) is 54.6 Å². The number of amides is 2. The highest BCUT2D eigenvalue weighted by Gasteiger charge is 2.16. The standard InChI is InChI=1S/C28H21N3O4S/c1-34-24-16-19(13-14-22(24)30-27(33)25-15-18-8-3-5-12-23(18)35-25)29-28(36)31-26(32)21-11-6-9-17-7-2-4-10-20(17)21/h2-16H,1H3,(H,30,33)(H2,29,31,32,36). The molecule has 0 aliphatic carbocycles. The molecule has 8 heteroatoms. The van der Waals surface area contributed by atoms with E-state index in [-0.39, 0.29) is 16.8 Å². The number of rotatable bonds is 5. The number of fused-ring (bicyclic) bond motifs is 2. The Morgan fingerprint density at radius 3 is 2.36 bits per heavy atom. The maximum Gasteiger partial charge on any atom is 0.291 e. The van der Waals surface area contributed by atoms with Crippen molar-refractivity contribution in [2.24, 2.45) is 0 Å². The van der Waals surface area contributed by atoms with Crippen molar-refractivity contribution in [3.8, 4) is 5.75 Å². The van der Waals surface area contributed by atoms with Gasteiger partial charge in [-0.2, -0.15) is 0 Å². The SMILES string of the molecule is COc1cc(NC(=S)NC(=O)c2cccc3ccccc23)ccc1NC(=O)c1cc2ccccc2o1. The molecule has 3 N–H and O–H groups in total. The molecule has 0 unspecified atom stereocenters. The number of furan rings is 1. The molecule has 0 aliphatic rings. The number of nitrogens with one attached hydrogen (secondary N) is 3. The van der Waals surface area contributed by atoms with Gasteiger partial charge in [0.05, 0.1) is 12.8 Å². The molecule has 2 amide bonds. The molecule has 0 bridgehead atoms.